The zero-order chi connectivity index (χ0) is 12.5. The van der Waals surface area contributed by atoms with Crippen molar-refractivity contribution in [1.29, 1.82) is 0 Å². The maximum Gasteiger partial charge on any atom is 0.325 e. The number of hydrogen-bond acceptors (Lipinski definition) is 5. The molecule has 1 N–H and O–H groups in total. The van der Waals surface area contributed by atoms with Crippen LogP contribution in [0.3, 0.4) is 0 Å². The number of carbonyl (C=O) groups excluding carboxylic acids is 1. The maximum absolute atomic E-state index is 11.5. The highest BCUT2D eigenvalue weighted by molar-refractivity contribution is 5.75. The fourth-order valence-electron chi connectivity index (χ4n) is 1.32. The number of esters is 1. The molecular weight excluding hydrogens is 222 g/mol. The van der Waals surface area contributed by atoms with Gasteiger partial charge in [-0.15, -0.1) is 4.99 Å². The highest BCUT2D eigenvalue weighted by Gasteiger charge is 2.19. The van der Waals surface area contributed by atoms with Gasteiger partial charge in [-0.25, -0.2) is 4.89 Å². The first-order chi connectivity index (χ1) is 8.27. The van der Waals surface area contributed by atoms with Crippen LogP contribution >= 0.6 is 0 Å². The fraction of sp³-hybridized carbons (Fsp3) is 0.417. The minimum atomic E-state index is -0.589. The summed E-state index contributed by atoms with van der Waals surface area (Å²) in [5.41, 5.74) is 3.53. The summed E-state index contributed by atoms with van der Waals surface area (Å²) in [5.74, 6) is -0.395. The summed E-state index contributed by atoms with van der Waals surface area (Å²) < 4.78 is 4.68. The minimum Gasteiger partial charge on any atom is -0.468 e. The van der Waals surface area contributed by atoms with Crippen molar-refractivity contribution in [3.05, 3.63) is 35.9 Å². The molecule has 0 aliphatic carbocycles. The van der Waals surface area contributed by atoms with Crippen LogP contribution in [0.1, 0.15) is 12.5 Å². The van der Waals surface area contributed by atoms with Crippen LogP contribution in [0.5, 0.6) is 0 Å². The Labute approximate surface area is 101 Å². The average Bonchev–Trinajstić information content (AvgIpc) is 2.38. The number of rotatable bonds is 7. The first-order valence-corrected chi connectivity index (χ1v) is 5.43. The van der Waals surface area contributed by atoms with Gasteiger partial charge < -0.3 is 4.74 Å². The molecule has 0 radical (unpaired) electrons. The first kappa shape index (κ1) is 13.6. The lowest BCUT2D eigenvalue weighted by atomic mass is 10.1. The lowest BCUT2D eigenvalue weighted by Crippen LogP contribution is -2.39. The predicted molar refractivity (Wildman–Crippen MR) is 61.8 cm³/mol. The van der Waals surface area contributed by atoms with Crippen molar-refractivity contribution in [1.82, 2.24) is 5.48 Å². The van der Waals surface area contributed by atoms with Crippen molar-refractivity contribution in [2.45, 2.75) is 19.4 Å². The minimum absolute atomic E-state index is 0.395. The van der Waals surface area contributed by atoms with Gasteiger partial charge in [-0.05, 0) is 12.5 Å². The maximum atomic E-state index is 11.5. The molecule has 17 heavy (non-hydrogen) atoms. The van der Waals surface area contributed by atoms with Crippen LogP contribution in [0.2, 0.25) is 0 Å². The van der Waals surface area contributed by atoms with E-state index in [1.807, 2.05) is 30.3 Å². The van der Waals surface area contributed by atoms with Crippen LogP contribution in [0.15, 0.2) is 30.3 Å². The summed E-state index contributed by atoms with van der Waals surface area (Å²) in [6.07, 6.45) is 0.473. The quantitative estimate of drug-likeness (QED) is 0.336. The van der Waals surface area contributed by atoms with Crippen LogP contribution in [0, 0.1) is 0 Å². The molecule has 5 heteroatoms. The van der Waals surface area contributed by atoms with Crippen molar-refractivity contribution in [3.8, 4) is 0 Å². The molecule has 1 unspecified atom stereocenters. The molecule has 0 aliphatic rings. The summed E-state index contributed by atoms with van der Waals surface area (Å²) in [5, 5.41) is 0. The average molecular weight is 239 g/mol. The van der Waals surface area contributed by atoms with Gasteiger partial charge in [-0.3, -0.25) is 4.79 Å². The van der Waals surface area contributed by atoms with Gasteiger partial charge in [0.15, 0.2) is 0 Å². The molecule has 0 heterocycles. The zero-order valence-electron chi connectivity index (χ0n) is 10.0. The summed E-state index contributed by atoms with van der Waals surface area (Å²) in [7, 11) is 1.34. The number of methoxy groups -OCH3 is 1. The molecule has 0 amide bonds. The summed E-state index contributed by atoms with van der Waals surface area (Å²) >= 11 is 0. The third-order valence-corrected chi connectivity index (χ3v) is 2.14. The topological polar surface area (TPSA) is 56.8 Å². The van der Waals surface area contributed by atoms with Gasteiger partial charge in [0.2, 0.25) is 0 Å². The molecule has 1 aromatic carbocycles. The number of ether oxygens (including phenoxy) is 1. The Bertz CT molecular complexity index is 329. The Morgan fingerprint density at radius 2 is 2.06 bits per heavy atom. The third kappa shape index (κ3) is 4.95. The van der Waals surface area contributed by atoms with Gasteiger partial charge in [0.25, 0.3) is 0 Å². The summed E-state index contributed by atoms with van der Waals surface area (Å²) in [6.45, 7) is 2.18. The molecule has 1 rings (SSSR count). The number of hydrogen-bond donors (Lipinski definition) is 1. The Morgan fingerprint density at radius 1 is 1.35 bits per heavy atom. The van der Waals surface area contributed by atoms with E-state index in [-0.39, 0.29) is 0 Å². The van der Waals surface area contributed by atoms with Gasteiger partial charge in [0.1, 0.15) is 6.04 Å². The van der Waals surface area contributed by atoms with Crippen molar-refractivity contribution in [2.24, 2.45) is 0 Å². The van der Waals surface area contributed by atoms with Crippen molar-refractivity contribution < 1.29 is 19.4 Å². The lowest BCUT2D eigenvalue weighted by Gasteiger charge is -2.14. The molecule has 0 saturated carbocycles. The fourth-order valence-corrected chi connectivity index (χ4v) is 1.32. The van der Waals surface area contributed by atoms with Crippen LogP contribution in [0.4, 0.5) is 0 Å². The Hall–Kier alpha value is -1.43. The number of hydroxylamine groups is 1. The molecule has 0 spiro atoms. The zero-order valence-corrected chi connectivity index (χ0v) is 10.0. The number of nitrogens with one attached hydrogen (secondary N) is 1. The second kappa shape index (κ2) is 7.78. The SMILES string of the molecule is CCOONC(Cc1ccccc1)C(=O)OC. The lowest BCUT2D eigenvalue weighted by molar-refractivity contribution is -0.338. The Balaban J connectivity index is 2.54. The smallest absolute Gasteiger partial charge is 0.325 e. The highest BCUT2D eigenvalue weighted by Crippen LogP contribution is 2.04. The molecule has 0 bridgehead atoms. The largest absolute Gasteiger partial charge is 0.468 e. The molecule has 5 nitrogen and oxygen atoms in total. The van der Waals surface area contributed by atoms with E-state index in [1.165, 1.54) is 7.11 Å². The van der Waals surface area contributed by atoms with Crippen LogP contribution in [0.25, 0.3) is 0 Å². The number of carbonyl (C=O) groups is 1. The van der Waals surface area contributed by atoms with Gasteiger partial charge in [0.05, 0.1) is 13.7 Å². The second-order valence-electron chi connectivity index (χ2n) is 3.37. The molecule has 1 aromatic rings. The van der Waals surface area contributed by atoms with Gasteiger partial charge in [-0.2, -0.15) is 5.48 Å². The molecule has 94 valence electrons. The third-order valence-electron chi connectivity index (χ3n) is 2.14. The predicted octanol–water partition coefficient (Wildman–Crippen LogP) is 1.24. The molecular formula is C12H17NO4. The van der Waals surface area contributed by atoms with Gasteiger partial charge in [-0.1, -0.05) is 30.3 Å². The molecule has 0 aromatic heterocycles. The van der Waals surface area contributed by atoms with E-state index in [4.69, 9.17) is 0 Å². The second-order valence-corrected chi connectivity index (χ2v) is 3.37. The van der Waals surface area contributed by atoms with Crippen molar-refractivity contribution >= 4 is 5.97 Å². The van der Waals surface area contributed by atoms with Gasteiger partial charge >= 0.3 is 5.97 Å². The number of benzene rings is 1. The van der Waals surface area contributed by atoms with Crippen LogP contribution < -0.4 is 5.48 Å². The molecule has 0 fully saturated rings. The standard InChI is InChI=1S/C12H17NO4/c1-3-16-17-13-11(12(14)15-2)9-10-7-5-4-6-8-10/h4-8,11,13H,3,9H2,1-2H3. The molecule has 1 atom stereocenters. The van der Waals surface area contributed by atoms with Crippen LogP contribution in [-0.4, -0.2) is 25.7 Å². The van der Waals surface area contributed by atoms with Crippen molar-refractivity contribution in [2.75, 3.05) is 13.7 Å². The van der Waals surface area contributed by atoms with Crippen molar-refractivity contribution in [3.63, 3.8) is 0 Å². The van der Waals surface area contributed by atoms with E-state index in [9.17, 15) is 4.79 Å². The first-order valence-electron chi connectivity index (χ1n) is 5.43. The molecule has 0 aliphatic heterocycles. The summed E-state index contributed by atoms with van der Waals surface area (Å²) in [4.78, 5) is 20.9. The Kier molecular flexibility index (Phi) is 6.24. The van der Waals surface area contributed by atoms with E-state index in [0.29, 0.717) is 13.0 Å². The monoisotopic (exact) mass is 239 g/mol. The molecule has 0 saturated heterocycles. The van der Waals surface area contributed by atoms with Gasteiger partial charge in [0, 0.05) is 6.42 Å². The normalized spacial score (nSPS) is 12.1. The van der Waals surface area contributed by atoms with Crippen LogP contribution in [-0.2, 0) is 25.8 Å². The highest BCUT2D eigenvalue weighted by atomic mass is 17.3. The summed E-state index contributed by atoms with van der Waals surface area (Å²) in [6, 6.07) is 9.01. The van der Waals surface area contributed by atoms with E-state index < -0.39 is 12.0 Å². The van der Waals surface area contributed by atoms with E-state index in [1.54, 1.807) is 6.92 Å². The van der Waals surface area contributed by atoms with E-state index in [0.717, 1.165) is 5.56 Å². The Morgan fingerprint density at radius 3 is 2.65 bits per heavy atom. The van der Waals surface area contributed by atoms with E-state index >= 15 is 0 Å². The van der Waals surface area contributed by atoms with E-state index in [2.05, 4.69) is 20.1 Å².